The SMILES string of the molecule is CC(=O)NCCCN1CCN(c2ccc(C)c(C#CCN)c2)CC1. The van der Waals surface area contributed by atoms with Crippen LogP contribution < -0.4 is 16.0 Å². The summed E-state index contributed by atoms with van der Waals surface area (Å²) in [7, 11) is 0. The van der Waals surface area contributed by atoms with E-state index in [0.29, 0.717) is 6.54 Å². The Labute approximate surface area is 145 Å². The molecule has 1 aromatic rings. The number of amides is 1. The van der Waals surface area contributed by atoms with Gasteiger partial charge in [-0.05, 0) is 37.6 Å². The molecule has 1 aliphatic heterocycles. The Hall–Kier alpha value is -2.03. The van der Waals surface area contributed by atoms with Gasteiger partial charge in [0, 0.05) is 50.9 Å². The Kier molecular flexibility index (Phi) is 7.10. The standard InChI is InChI=1S/C19H28N4O/c1-16-6-7-19(15-18(16)5-3-8-20)23-13-11-22(12-14-23)10-4-9-21-17(2)24/h6-7,15H,4,8-14,20H2,1-2H3,(H,21,24). The molecule has 1 heterocycles. The van der Waals surface area contributed by atoms with Crippen molar-refractivity contribution >= 4 is 11.6 Å². The largest absolute Gasteiger partial charge is 0.369 e. The summed E-state index contributed by atoms with van der Waals surface area (Å²) >= 11 is 0. The highest BCUT2D eigenvalue weighted by Gasteiger charge is 2.17. The van der Waals surface area contributed by atoms with Crippen LogP contribution in [0.2, 0.25) is 0 Å². The van der Waals surface area contributed by atoms with E-state index in [1.165, 1.54) is 11.3 Å². The molecule has 0 atom stereocenters. The van der Waals surface area contributed by atoms with Gasteiger partial charge in [0.25, 0.3) is 0 Å². The zero-order chi connectivity index (χ0) is 17.4. The number of piperazine rings is 1. The first-order chi connectivity index (χ1) is 11.6. The fourth-order valence-electron chi connectivity index (χ4n) is 2.88. The van der Waals surface area contributed by atoms with E-state index in [1.807, 2.05) is 0 Å². The smallest absolute Gasteiger partial charge is 0.216 e. The van der Waals surface area contributed by atoms with E-state index >= 15 is 0 Å². The highest BCUT2D eigenvalue weighted by molar-refractivity contribution is 5.72. The number of aryl methyl sites for hydroxylation is 1. The summed E-state index contributed by atoms with van der Waals surface area (Å²) in [5, 5.41) is 2.85. The fourth-order valence-corrected chi connectivity index (χ4v) is 2.88. The van der Waals surface area contributed by atoms with Gasteiger partial charge in [0.05, 0.1) is 6.54 Å². The molecule has 1 amide bonds. The van der Waals surface area contributed by atoms with Gasteiger partial charge < -0.3 is 16.0 Å². The van der Waals surface area contributed by atoms with E-state index < -0.39 is 0 Å². The van der Waals surface area contributed by atoms with Gasteiger partial charge in [-0.2, -0.15) is 0 Å². The molecule has 1 aliphatic rings. The van der Waals surface area contributed by atoms with Crippen LogP contribution in [0.3, 0.4) is 0 Å². The fraction of sp³-hybridized carbons (Fsp3) is 0.526. The molecular weight excluding hydrogens is 300 g/mol. The summed E-state index contributed by atoms with van der Waals surface area (Å²) in [5.41, 5.74) is 8.97. The number of carbonyl (C=O) groups is 1. The van der Waals surface area contributed by atoms with Gasteiger partial charge in [-0.1, -0.05) is 17.9 Å². The first-order valence-electron chi connectivity index (χ1n) is 8.61. The number of nitrogens with one attached hydrogen (secondary N) is 1. The van der Waals surface area contributed by atoms with Crippen LogP contribution in [0.1, 0.15) is 24.5 Å². The second-order valence-corrected chi connectivity index (χ2v) is 6.17. The normalized spacial score (nSPS) is 14.9. The number of hydrogen-bond donors (Lipinski definition) is 2. The molecule has 0 aliphatic carbocycles. The third-order valence-electron chi connectivity index (χ3n) is 4.31. The van der Waals surface area contributed by atoms with Crippen molar-refractivity contribution in [1.82, 2.24) is 10.2 Å². The zero-order valence-electron chi connectivity index (χ0n) is 14.8. The molecule has 0 radical (unpaired) electrons. The number of benzene rings is 1. The molecule has 0 bridgehead atoms. The predicted molar refractivity (Wildman–Crippen MR) is 99.1 cm³/mol. The molecule has 0 unspecified atom stereocenters. The molecule has 1 fully saturated rings. The van der Waals surface area contributed by atoms with Crippen LogP contribution in [-0.4, -0.2) is 56.6 Å². The maximum atomic E-state index is 10.9. The van der Waals surface area contributed by atoms with Crippen molar-refractivity contribution in [3.8, 4) is 11.8 Å². The maximum absolute atomic E-state index is 10.9. The first kappa shape index (κ1) is 18.3. The summed E-state index contributed by atoms with van der Waals surface area (Å²) < 4.78 is 0. The second-order valence-electron chi connectivity index (χ2n) is 6.17. The molecule has 3 N–H and O–H groups in total. The Morgan fingerprint density at radius 3 is 2.71 bits per heavy atom. The van der Waals surface area contributed by atoms with Crippen LogP contribution in [0, 0.1) is 18.8 Å². The predicted octanol–water partition coefficient (Wildman–Crippen LogP) is 0.953. The van der Waals surface area contributed by atoms with Crippen molar-refractivity contribution < 1.29 is 4.79 Å². The number of rotatable bonds is 5. The van der Waals surface area contributed by atoms with E-state index in [-0.39, 0.29) is 5.91 Å². The van der Waals surface area contributed by atoms with Gasteiger partial charge in [-0.25, -0.2) is 0 Å². The van der Waals surface area contributed by atoms with E-state index in [2.05, 4.69) is 52.1 Å². The van der Waals surface area contributed by atoms with Crippen LogP contribution in [0.5, 0.6) is 0 Å². The van der Waals surface area contributed by atoms with Gasteiger partial charge >= 0.3 is 0 Å². The third-order valence-corrected chi connectivity index (χ3v) is 4.31. The van der Waals surface area contributed by atoms with Crippen LogP contribution in [0.15, 0.2) is 18.2 Å². The van der Waals surface area contributed by atoms with Crippen LogP contribution in [0.4, 0.5) is 5.69 Å². The van der Waals surface area contributed by atoms with E-state index in [9.17, 15) is 4.79 Å². The van der Waals surface area contributed by atoms with Gasteiger partial charge in [0.15, 0.2) is 0 Å². The average Bonchev–Trinajstić information content (AvgIpc) is 2.58. The number of anilines is 1. The molecule has 1 aromatic carbocycles. The highest BCUT2D eigenvalue weighted by Crippen LogP contribution is 2.20. The second kappa shape index (κ2) is 9.31. The third kappa shape index (κ3) is 5.55. The number of nitrogens with zero attached hydrogens (tertiary/aromatic N) is 2. The first-order valence-corrected chi connectivity index (χ1v) is 8.61. The molecule has 0 saturated carbocycles. The lowest BCUT2D eigenvalue weighted by atomic mass is 10.1. The van der Waals surface area contributed by atoms with Gasteiger partial charge in [0.2, 0.25) is 5.91 Å². The van der Waals surface area contributed by atoms with Crippen molar-refractivity contribution in [3.63, 3.8) is 0 Å². The van der Waals surface area contributed by atoms with E-state index in [0.717, 1.165) is 51.3 Å². The van der Waals surface area contributed by atoms with Crippen molar-refractivity contribution in [2.45, 2.75) is 20.3 Å². The van der Waals surface area contributed by atoms with Crippen LogP contribution in [0.25, 0.3) is 0 Å². The Bertz CT molecular complexity index is 610. The lowest BCUT2D eigenvalue weighted by Crippen LogP contribution is -2.47. The minimum atomic E-state index is 0.0488. The van der Waals surface area contributed by atoms with Crippen LogP contribution >= 0.6 is 0 Å². The lowest BCUT2D eigenvalue weighted by molar-refractivity contribution is -0.118. The molecule has 5 heteroatoms. The Balaban J connectivity index is 1.85. The van der Waals surface area contributed by atoms with Gasteiger partial charge in [0.1, 0.15) is 0 Å². The summed E-state index contributed by atoms with van der Waals surface area (Å²) in [5.74, 6) is 6.15. The zero-order valence-corrected chi connectivity index (χ0v) is 14.8. The molecule has 130 valence electrons. The van der Waals surface area contributed by atoms with E-state index in [4.69, 9.17) is 5.73 Å². The molecule has 0 spiro atoms. The molecule has 5 nitrogen and oxygen atoms in total. The van der Waals surface area contributed by atoms with Crippen molar-refractivity contribution in [2.75, 3.05) is 50.7 Å². The monoisotopic (exact) mass is 328 g/mol. The van der Waals surface area contributed by atoms with Crippen LogP contribution in [-0.2, 0) is 4.79 Å². The summed E-state index contributed by atoms with van der Waals surface area (Å²) in [4.78, 5) is 15.7. The number of carbonyl (C=O) groups excluding carboxylic acids is 1. The molecule has 0 aromatic heterocycles. The number of nitrogens with two attached hydrogens (primary N) is 1. The van der Waals surface area contributed by atoms with Crippen molar-refractivity contribution in [1.29, 1.82) is 0 Å². The van der Waals surface area contributed by atoms with E-state index in [1.54, 1.807) is 6.92 Å². The quantitative estimate of drug-likeness (QED) is 0.624. The summed E-state index contributed by atoms with van der Waals surface area (Å²) in [6, 6.07) is 6.48. The average molecular weight is 328 g/mol. The van der Waals surface area contributed by atoms with Gasteiger partial charge in [-0.15, -0.1) is 0 Å². The summed E-state index contributed by atoms with van der Waals surface area (Å²) in [6.07, 6.45) is 1.00. The molecule has 2 rings (SSSR count). The van der Waals surface area contributed by atoms with Gasteiger partial charge in [-0.3, -0.25) is 9.69 Å². The van der Waals surface area contributed by atoms with Crippen molar-refractivity contribution in [2.24, 2.45) is 5.73 Å². The number of hydrogen-bond acceptors (Lipinski definition) is 4. The van der Waals surface area contributed by atoms with Crippen molar-refractivity contribution in [3.05, 3.63) is 29.3 Å². The Morgan fingerprint density at radius 2 is 2.04 bits per heavy atom. The highest BCUT2D eigenvalue weighted by atomic mass is 16.1. The lowest BCUT2D eigenvalue weighted by Gasteiger charge is -2.36. The molecule has 24 heavy (non-hydrogen) atoms. The molecular formula is C19H28N4O. The topological polar surface area (TPSA) is 61.6 Å². The minimum absolute atomic E-state index is 0.0488. The Morgan fingerprint density at radius 1 is 1.29 bits per heavy atom. The molecule has 1 saturated heterocycles. The minimum Gasteiger partial charge on any atom is -0.369 e. The maximum Gasteiger partial charge on any atom is 0.216 e. The summed E-state index contributed by atoms with van der Waals surface area (Å²) in [6.45, 7) is 9.98.